The Labute approximate surface area is 118 Å². The number of hydrogen-bond acceptors (Lipinski definition) is 3. The number of carbonyl (C=O) groups is 1. The van der Waals surface area contributed by atoms with Crippen LogP contribution in [0.25, 0.3) is 0 Å². The molecular weight excluding hydrogens is 264 g/mol. The molecule has 1 aromatic carbocycles. The molecule has 0 unspecified atom stereocenters. The Bertz CT molecular complexity index is 450. The van der Waals surface area contributed by atoms with Crippen molar-refractivity contribution in [1.29, 1.82) is 0 Å². The third-order valence-electron chi connectivity index (χ3n) is 2.95. The van der Waals surface area contributed by atoms with E-state index < -0.39 is 11.6 Å². The van der Waals surface area contributed by atoms with Gasteiger partial charge in [-0.3, -0.25) is 4.79 Å². The number of rotatable bonds is 8. The van der Waals surface area contributed by atoms with Crippen LogP contribution in [0.2, 0.25) is 0 Å². The Hall–Kier alpha value is -1.65. The zero-order valence-corrected chi connectivity index (χ0v) is 12.0. The summed E-state index contributed by atoms with van der Waals surface area (Å²) in [7, 11) is 0. The standard InChI is InChI=1S/C15H21F2NO2/c1-3-20-13(19)7-5-4-6-10-18-15-12(16)9-8-11(2)14(15)17/h8-9,18H,3-7,10H2,1-2H3. The molecule has 0 aliphatic rings. The van der Waals surface area contributed by atoms with Gasteiger partial charge in [0.1, 0.15) is 11.5 Å². The molecule has 0 saturated heterocycles. The fourth-order valence-electron chi connectivity index (χ4n) is 1.84. The average molecular weight is 285 g/mol. The molecule has 0 saturated carbocycles. The fraction of sp³-hybridized carbons (Fsp3) is 0.533. The zero-order valence-electron chi connectivity index (χ0n) is 12.0. The summed E-state index contributed by atoms with van der Waals surface area (Å²) in [5.41, 5.74) is 0.339. The average Bonchev–Trinajstić information content (AvgIpc) is 2.42. The summed E-state index contributed by atoms with van der Waals surface area (Å²) >= 11 is 0. The molecule has 0 fully saturated rings. The van der Waals surface area contributed by atoms with Crippen LogP contribution in [0.3, 0.4) is 0 Å². The van der Waals surface area contributed by atoms with Crippen molar-refractivity contribution in [3.63, 3.8) is 0 Å². The van der Waals surface area contributed by atoms with Gasteiger partial charge in [0.05, 0.1) is 6.61 Å². The molecule has 0 atom stereocenters. The van der Waals surface area contributed by atoms with Crippen LogP contribution < -0.4 is 5.32 Å². The van der Waals surface area contributed by atoms with Gasteiger partial charge in [-0.05, 0) is 38.3 Å². The van der Waals surface area contributed by atoms with E-state index >= 15 is 0 Å². The number of unbranched alkanes of at least 4 members (excludes halogenated alkanes) is 2. The van der Waals surface area contributed by atoms with Gasteiger partial charge in [0.2, 0.25) is 0 Å². The summed E-state index contributed by atoms with van der Waals surface area (Å²) < 4.78 is 31.9. The number of carbonyl (C=O) groups excluding carboxylic acids is 1. The lowest BCUT2D eigenvalue weighted by Crippen LogP contribution is -2.07. The van der Waals surface area contributed by atoms with Crippen LogP contribution in [0.15, 0.2) is 12.1 Å². The highest BCUT2D eigenvalue weighted by Crippen LogP contribution is 2.21. The summed E-state index contributed by atoms with van der Waals surface area (Å²) in [6, 6.07) is 2.66. The molecule has 0 aromatic heterocycles. The highest BCUT2D eigenvalue weighted by atomic mass is 19.1. The van der Waals surface area contributed by atoms with E-state index in [9.17, 15) is 13.6 Å². The van der Waals surface area contributed by atoms with Gasteiger partial charge in [0, 0.05) is 13.0 Å². The molecule has 1 aromatic rings. The van der Waals surface area contributed by atoms with Crippen LogP contribution in [0.1, 0.15) is 38.2 Å². The van der Waals surface area contributed by atoms with Crippen molar-refractivity contribution < 1.29 is 18.3 Å². The fourth-order valence-corrected chi connectivity index (χ4v) is 1.84. The molecule has 1 N–H and O–H groups in total. The zero-order chi connectivity index (χ0) is 15.0. The molecule has 0 radical (unpaired) electrons. The summed E-state index contributed by atoms with van der Waals surface area (Å²) in [6.45, 7) is 4.23. The van der Waals surface area contributed by atoms with E-state index in [-0.39, 0.29) is 11.7 Å². The van der Waals surface area contributed by atoms with Crippen molar-refractivity contribution in [3.05, 3.63) is 29.3 Å². The van der Waals surface area contributed by atoms with E-state index in [1.807, 2.05) is 0 Å². The number of esters is 1. The molecule has 3 nitrogen and oxygen atoms in total. The van der Waals surface area contributed by atoms with Gasteiger partial charge in [-0.25, -0.2) is 8.78 Å². The molecule has 0 spiro atoms. The molecule has 0 bridgehead atoms. The lowest BCUT2D eigenvalue weighted by atomic mass is 10.1. The Morgan fingerprint density at radius 1 is 1.25 bits per heavy atom. The second-order valence-electron chi connectivity index (χ2n) is 4.60. The topological polar surface area (TPSA) is 38.3 Å². The Balaban J connectivity index is 2.25. The SMILES string of the molecule is CCOC(=O)CCCCCNc1c(F)ccc(C)c1F. The van der Waals surface area contributed by atoms with E-state index in [2.05, 4.69) is 5.32 Å². The second-order valence-corrected chi connectivity index (χ2v) is 4.60. The van der Waals surface area contributed by atoms with E-state index in [0.29, 0.717) is 25.1 Å². The van der Waals surface area contributed by atoms with Gasteiger partial charge < -0.3 is 10.1 Å². The quantitative estimate of drug-likeness (QED) is 0.583. The number of hydrogen-bond donors (Lipinski definition) is 1. The predicted octanol–water partition coefficient (Wildman–Crippen LogP) is 3.81. The number of halogens is 2. The Morgan fingerprint density at radius 3 is 2.70 bits per heavy atom. The molecule has 0 amide bonds. The third kappa shape index (κ3) is 5.15. The smallest absolute Gasteiger partial charge is 0.305 e. The molecular formula is C15H21F2NO2. The first-order valence-electron chi connectivity index (χ1n) is 6.90. The van der Waals surface area contributed by atoms with Crippen LogP contribution in [-0.2, 0) is 9.53 Å². The van der Waals surface area contributed by atoms with E-state index in [1.165, 1.54) is 12.1 Å². The van der Waals surface area contributed by atoms with Crippen LogP contribution in [0.4, 0.5) is 14.5 Å². The van der Waals surface area contributed by atoms with Crippen molar-refractivity contribution in [2.24, 2.45) is 0 Å². The van der Waals surface area contributed by atoms with Crippen molar-refractivity contribution in [2.45, 2.75) is 39.5 Å². The molecule has 0 aliphatic carbocycles. The molecule has 112 valence electrons. The van der Waals surface area contributed by atoms with Crippen molar-refractivity contribution in [1.82, 2.24) is 0 Å². The minimum Gasteiger partial charge on any atom is -0.466 e. The van der Waals surface area contributed by atoms with E-state index in [4.69, 9.17) is 4.74 Å². The van der Waals surface area contributed by atoms with Gasteiger partial charge in [-0.1, -0.05) is 12.5 Å². The maximum Gasteiger partial charge on any atom is 0.305 e. The van der Waals surface area contributed by atoms with Crippen molar-refractivity contribution in [2.75, 3.05) is 18.5 Å². The molecule has 5 heteroatoms. The number of aryl methyl sites for hydroxylation is 1. The van der Waals surface area contributed by atoms with Crippen LogP contribution in [-0.4, -0.2) is 19.1 Å². The van der Waals surface area contributed by atoms with Crippen LogP contribution in [0, 0.1) is 18.6 Å². The summed E-state index contributed by atoms with van der Waals surface area (Å²) in [4.78, 5) is 11.1. The maximum absolute atomic E-state index is 13.7. The first kappa shape index (κ1) is 16.4. The molecule has 1 rings (SSSR count). The predicted molar refractivity (Wildman–Crippen MR) is 74.7 cm³/mol. The number of nitrogens with one attached hydrogen (secondary N) is 1. The van der Waals surface area contributed by atoms with E-state index in [0.717, 1.165) is 19.3 Å². The van der Waals surface area contributed by atoms with Crippen LogP contribution >= 0.6 is 0 Å². The summed E-state index contributed by atoms with van der Waals surface area (Å²) in [5.74, 6) is -1.33. The summed E-state index contributed by atoms with van der Waals surface area (Å²) in [5, 5.41) is 2.77. The lowest BCUT2D eigenvalue weighted by Gasteiger charge is -2.10. The molecule has 0 aliphatic heterocycles. The maximum atomic E-state index is 13.7. The molecule has 0 heterocycles. The largest absolute Gasteiger partial charge is 0.466 e. The highest BCUT2D eigenvalue weighted by molar-refractivity contribution is 5.69. The van der Waals surface area contributed by atoms with E-state index in [1.54, 1.807) is 13.8 Å². The third-order valence-corrected chi connectivity index (χ3v) is 2.95. The molecule has 20 heavy (non-hydrogen) atoms. The van der Waals surface area contributed by atoms with Gasteiger partial charge >= 0.3 is 5.97 Å². The normalized spacial score (nSPS) is 10.4. The number of ether oxygens (including phenoxy) is 1. The van der Waals surface area contributed by atoms with Gasteiger partial charge in [-0.2, -0.15) is 0 Å². The van der Waals surface area contributed by atoms with Gasteiger partial charge in [0.25, 0.3) is 0 Å². The number of benzene rings is 1. The van der Waals surface area contributed by atoms with Gasteiger partial charge in [0.15, 0.2) is 5.82 Å². The van der Waals surface area contributed by atoms with Gasteiger partial charge in [-0.15, -0.1) is 0 Å². The van der Waals surface area contributed by atoms with Crippen molar-refractivity contribution in [3.8, 4) is 0 Å². The van der Waals surface area contributed by atoms with Crippen LogP contribution in [0.5, 0.6) is 0 Å². The minimum absolute atomic E-state index is 0.0737. The second kappa shape index (κ2) is 8.51. The van der Waals surface area contributed by atoms with Crippen molar-refractivity contribution >= 4 is 11.7 Å². The Kier molecular flexibility index (Phi) is 6.98. The first-order chi connectivity index (χ1) is 9.56. The summed E-state index contributed by atoms with van der Waals surface area (Å²) in [6.07, 6.45) is 2.66. The number of anilines is 1. The minimum atomic E-state index is -0.584. The first-order valence-corrected chi connectivity index (χ1v) is 6.90. The lowest BCUT2D eigenvalue weighted by molar-refractivity contribution is -0.143. The monoisotopic (exact) mass is 285 g/mol. The Morgan fingerprint density at radius 2 is 2.00 bits per heavy atom. The highest BCUT2D eigenvalue weighted by Gasteiger charge is 2.10.